The Hall–Kier alpha value is -1.48. The van der Waals surface area contributed by atoms with Crippen LogP contribution in [0.2, 0.25) is 5.02 Å². The van der Waals surface area contributed by atoms with Gasteiger partial charge < -0.3 is 20.1 Å². The first-order valence-electron chi connectivity index (χ1n) is 10.00. The number of hydrogen-bond acceptors (Lipinski definition) is 5. The molecule has 9 heteroatoms. The lowest BCUT2D eigenvalue weighted by molar-refractivity contribution is -0.165. The molecule has 30 heavy (non-hydrogen) atoms. The van der Waals surface area contributed by atoms with Crippen LogP contribution in [-0.4, -0.2) is 68.4 Å². The lowest BCUT2D eigenvalue weighted by Crippen LogP contribution is -2.55. The van der Waals surface area contributed by atoms with E-state index in [-0.39, 0.29) is 50.1 Å². The van der Waals surface area contributed by atoms with Crippen LogP contribution in [0.4, 0.5) is 0 Å². The number of aliphatic hydroxyl groups is 1. The number of nitrogens with zero attached hydrogens (tertiary/aromatic N) is 1. The van der Waals surface area contributed by atoms with Crippen molar-refractivity contribution < 1.29 is 23.6 Å². The third-order valence-electron chi connectivity index (χ3n) is 4.93. The van der Waals surface area contributed by atoms with E-state index < -0.39 is 21.7 Å². The van der Waals surface area contributed by atoms with Gasteiger partial charge in [-0.05, 0) is 45.4 Å². The Morgan fingerprint density at radius 3 is 2.57 bits per heavy atom. The van der Waals surface area contributed by atoms with Gasteiger partial charge in [0.25, 0.3) is 5.91 Å². The Morgan fingerprint density at radius 2 is 2.00 bits per heavy atom. The van der Waals surface area contributed by atoms with Gasteiger partial charge >= 0.3 is 0 Å². The van der Waals surface area contributed by atoms with Crippen LogP contribution in [0.25, 0.3) is 0 Å². The van der Waals surface area contributed by atoms with Gasteiger partial charge in [-0.25, -0.2) is 0 Å². The standard InChI is InChI=1S/C21H31ClN2O5S/c1-14(13-30(28)21(2,3)4)24-17(15-5-7-16(22)8-6-15)12-29-18(20(24)27)11-19(26)23-9-10-25/h5-8,14,17-18,25H,9-13H2,1-4H3,(H,23,26). The van der Waals surface area contributed by atoms with E-state index in [9.17, 15) is 13.8 Å². The third kappa shape index (κ3) is 6.51. The maximum absolute atomic E-state index is 13.3. The van der Waals surface area contributed by atoms with Crippen LogP contribution in [0, 0.1) is 0 Å². The molecule has 4 atom stereocenters. The van der Waals surface area contributed by atoms with E-state index in [1.807, 2.05) is 39.8 Å². The number of halogens is 1. The van der Waals surface area contributed by atoms with Crippen molar-refractivity contribution in [2.75, 3.05) is 25.5 Å². The van der Waals surface area contributed by atoms with Crippen LogP contribution in [0.5, 0.6) is 0 Å². The molecule has 4 unspecified atom stereocenters. The number of ether oxygens (including phenoxy) is 1. The predicted octanol–water partition coefficient (Wildman–Crippen LogP) is 2.04. The molecule has 1 fully saturated rings. The van der Waals surface area contributed by atoms with Crippen molar-refractivity contribution >= 4 is 34.2 Å². The van der Waals surface area contributed by atoms with Crippen LogP contribution < -0.4 is 5.32 Å². The molecule has 1 aliphatic heterocycles. The molecule has 1 saturated heterocycles. The van der Waals surface area contributed by atoms with Gasteiger partial charge in [0.2, 0.25) is 5.91 Å². The van der Waals surface area contributed by atoms with Crippen LogP contribution >= 0.6 is 11.6 Å². The van der Waals surface area contributed by atoms with Crippen LogP contribution in [0.1, 0.15) is 45.7 Å². The fraction of sp³-hybridized carbons (Fsp3) is 0.619. The minimum absolute atomic E-state index is 0.123. The summed E-state index contributed by atoms with van der Waals surface area (Å²) in [5.74, 6) is -0.347. The van der Waals surface area contributed by atoms with Crippen molar-refractivity contribution in [3.05, 3.63) is 34.9 Å². The average molecular weight is 459 g/mol. The number of aliphatic hydroxyl groups excluding tert-OH is 1. The highest BCUT2D eigenvalue weighted by Crippen LogP contribution is 2.31. The maximum Gasteiger partial charge on any atom is 0.253 e. The molecule has 7 nitrogen and oxygen atoms in total. The molecule has 0 bridgehead atoms. The van der Waals surface area contributed by atoms with Gasteiger partial charge in [0, 0.05) is 38.9 Å². The summed E-state index contributed by atoms with van der Waals surface area (Å²) >= 11 is 6.01. The molecular weight excluding hydrogens is 428 g/mol. The molecule has 2 rings (SSSR count). The van der Waals surface area contributed by atoms with E-state index in [1.165, 1.54) is 0 Å². The summed E-state index contributed by atoms with van der Waals surface area (Å²) in [4.78, 5) is 27.1. The van der Waals surface area contributed by atoms with Crippen molar-refractivity contribution in [3.8, 4) is 0 Å². The molecule has 168 valence electrons. The molecule has 1 heterocycles. The molecule has 0 aromatic heterocycles. The minimum Gasteiger partial charge on any atom is -0.395 e. The Bertz CT molecular complexity index is 766. The quantitative estimate of drug-likeness (QED) is 0.621. The predicted molar refractivity (Wildman–Crippen MR) is 118 cm³/mol. The molecule has 1 aliphatic rings. The normalized spacial score (nSPS) is 21.9. The van der Waals surface area contributed by atoms with Gasteiger partial charge in [-0.15, -0.1) is 0 Å². The first kappa shape index (κ1) is 24.8. The van der Waals surface area contributed by atoms with Crippen molar-refractivity contribution in [3.63, 3.8) is 0 Å². The second-order valence-corrected chi connectivity index (χ2v) is 11.1. The number of carbonyl (C=O) groups excluding carboxylic acids is 2. The largest absolute Gasteiger partial charge is 0.395 e. The van der Waals surface area contributed by atoms with E-state index in [2.05, 4.69) is 5.32 Å². The molecule has 0 spiro atoms. The third-order valence-corrected chi connectivity index (χ3v) is 7.33. The van der Waals surface area contributed by atoms with Crippen molar-refractivity contribution in [1.29, 1.82) is 0 Å². The molecule has 1 aromatic rings. The van der Waals surface area contributed by atoms with E-state index in [0.29, 0.717) is 10.8 Å². The fourth-order valence-electron chi connectivity index (χ4n) is 3.28. The second kappa shape index (κ2) is 10.7. The number of morpholine rings is 1. The number of hydrogen-bond donors (Lipinski definition) is 2. The number of carbonyl (C=O) groups is 2. The van der Waals surface area contributed by atoms with Gasteiger partial charge in [0.1, 0.15) is 6.10 Å². The first-order chi connectivity index (χ1) is 14.0. The van der Waals surface area contributed by atoms with Gasteiger partial charge in [-0.2, -0.15) is 0 Å². The highest BCUT2D eigenvalue weighted by atomic mass is 35.5. The van der Waals surface area contributed by atoms with Crippen molar-refractivity contribution in [2.45, 2.75) is 57.1 Å². The van der Waals surface area contributed by atoms with Crippen molar-refractivity contribution in [2.24, 2.45) is 0 Å². The Morgan fingerprint density at radius 1 is 1.37 bits per heavy atom. The monoisotopic (exact) mass is 458 g/mol. The Labute approximate surface area is 185 Å². The SMILES string of the molecule is CC(CS(=O)C(C)(C)C)N1C(=O)C(CC(=O)NCCO)OCC1c1ccc(Cl)cc1. The molecule has 0 saturated carbocycles. The van der Waals surface area contributed by atoms with E-state index in [1.54, 1.807) is 17.0 Å². The molecule has 2 amide bonds. The van der Waals surface area contributed by atoms with Gasteiger partial charge in [-0.3, -0.25) is 13.8 Å². The van der Waals surface area contributed by atoms with E-state index in [4.69, 9.17) is 21.4 Å². The van der Waals surface area contributed by atoms with Gasteiger partial charge in [0.15, 0.2) is 0 Å². The zero-order valence-corrected chi connectivity index (χ0v) is 19.5. The summed E-state index contributed by atoms with van der Waals surface area (Å²) in [7, 11) is -1.15. The number of benzene rings is 1. The second-order valence-electron chi connectivity index (χ2n) is 8.39. The molecule has 0 aliphatic carbocycles. The zero-order chi connectivity index (χ0) is 22.5. The highest BCUT2D eigenvalue weighted by molar-refractivity contribution is 7.86. The summed E-state index contributed by atoms with van der Waals surface area (Å²) in [5.41, 5.74) is 0.865. The number of amides is 2. The van der Waals surface area contributed by atoms with Crippen LogP contribution in [-0.2, 0) is 25.1 Å². The highest BCUT2D eigenvalue weighted by Gasteiger charge is 2.41. The molecular formula is C21H31ClN2O5S. The summed E-state index contributed by atoms with van der Waals surface area (Å²) in [6, 6.07) is 6.53. The molecule has 0 radical (unpaired) electrons. The van der Waals surface area contributed by atoms with E-state index >= 15 is 0 Å². The van der Waals surface area contributed by atoms with Crippen LogP contribution in [0.15, 0.2) is 24.3 Å². The Balaban J connectivity index is 2.26. The van der Waals surface area contributed by atoms with Gasteiger partial charge in [-0.1, -0.05) is 23.7 Å². The lowest BCUT2D eigenvalue weighted by atomic mass is 10.0. The topological polar surface area (TPSA) is 95.9 Å². The van der Waals surface area contributed by atoms with Gasteiger partial charge in [0.05, 0.1) is 25.7 Å². The summed E-state index contributed by atoms with van der Waals surface area (Å²) < 4.78 is 18.1. The number of nitrogens with one attached hydrogen (secondary N) is 1. The van der Waals surface area contributed by atoms with E-state index in [0.717, 1.165) is 5.56 Å². The summed E-state index contributed by atoms with van der Waals surface area (Å²) in [5, 5.41) is 12.0. The maximum atomic E-state index is 13.3. The number of rotatable bonds is 8. The Kier molecular flexibility index (Phi) is 8.85. The summed E-state index contributed by atoms with van der Waals surface area (Å²) in [6.45, 7) is 7.76. The summed E-state index contributed by atoms with van der Waals surface area (Å²) in [6.07, 6.45) is -1.05. The fourth-order valence-corrected chi connectivity index (χ4v) is 4.50. The minimum atomic E-state index is -1.15. The lowest BCUT2D eigenvalue weighted by Gasteiger charge is -2.43. The first-order valence-corrected chi connectivity index (χ1v) is 11.7. The molecule has 1 aromatic carbocycles. The van der Waals surface area contributed by atoms with Crippen LogP contribution in [0.3, 0.4) is 0 Å². The smallest absolute Gasteiger partial charge is 0.253 e. The molecule has 2 N–H and O–H groups in total. The average Bonchev–Trinajstić information content (AvgIpc) is 2.67. The zero-order valence-electron chi connectivity index (χ0n) is 17.9. The van der Waals surface area contributed by atoms with Crippen molar-refractivity contribution in [1.82, 2.24) is 10.2 Å².